The number of hydrogen-bond acceptors (Lipinski definition) is 0. The lowest BCUT2D eigenvalue weighted by Gasteiger charge is -1.99. The Morgan fingerprint density at radius 2 is 1.91 bits per heavy atom. The van der Waals surface area contributed by atoms with Crippen LogP contribution in [0.2, 0.25) is 0 Å². The molecular weight excluding hydrogens is 336 g/mol. The van der Waals surface area contributed by atoms with Crippen molar-refractivity contribution in [1.82, 2.24) is 0 Å². The normalized spacial score (nSPS) is 11.7. The molecule has 58 valence electrons. The van der Waals surface area contributed by atoms with Gasteiger partial charge in [-0.15, -0.1) is 0 Å². The molecule has 0 saturated heterocycles. The van der Waals surface area contributed by atoms with E-state index in [1.807, 2.05) is 29.3 Å². The lowest BCUT2D eigenvalue weighted by molar-refractivity contribution is 1.60. The Morgan fingerprint density at radius 1 is 1.27 bits per heavy atom. The maximum absolute atomic E-state index is 3.45. The molecule has 0 spiro atoms. The highest BCUT2D eigenvalue weighted by Crippen LogP contribution is 2.28. The predicted molar refractivity (Wildman–Crippen MR) is 60.0 cm³/mol. The van der Waals surface area contributed by atoms with E-state index >= 15 is 0 Å². The van der Waals surface area contributed by atoms with Gasteiger partial charge in [-0.1, -0.05) is 50.1 Å². The molecule has 0 heterocycles. The molecule has 1 aromatic carbocycles. The van der Waals surface area contributed by atoms with Crippen molar-refractivity contribution in [2.24, 2.45) is 0 Å². The first-order valence-corrected chi connectivity index (χ1v) is 5.46. The highest BCUT2D eigenvalue weighted by molar-refractivity contribution is 9.16. The van der Waals surface area contributed by atoms with Gasteiger partial charge < -0.3 is 0 Å². The van der Waals surface area contributed by atoms with Gasteiger partial charge in [0.1, 0.15) is 0 Å². The zero-order valence-electron chi connectivity index (χ0n) is 5.52. The van der Waals surface area contributed by atoms with Crippen molar-refractivity contribution >= 4 is 52.3 Å². The summed E-state index contributed by atoms with van der Waals surface area (Å²) in [6.07, 6.45) is 0. The second-order valence-corrected chi connectivity index (χ2v) is 4.10. The first kappa shape index (κ1) is 9.49. The third-order valence-corrected chi connectivity index (χ3v) is 3.65. The van der Waals surface area contributed by atoms with E-state index in [9.17, 15) is 0 Å². The van der Waals surface area contributed by atoms with Crippen LogP contribution in [0.4, 0.5) is 0 Å². The van der Waals surface area contributed by atoms with Gasteiger partial charge in [0.25, 0.3) is 0 Å². The largest absolute Gasteiger partial charge is 0.0616 e. The van der Waals surface area contributed by atoms with Gasteiger partial charge in [0.15, 0.2) is 0 Å². The second-order valence-electron chi connectivity index (χ2n) is 1.94. The quantitative estimate of drug-likeness (QED) is 0.704. The molecule has 0 aliphatic rings. The Hall–Kier alpha value is 0.400. The SMILES string of the molecule is BrC=C(Br)c1ccccc1Br. The molecule has 0 amide bonds. The summed E-state index contributed by atoms with van der Waals surface area (Å²) in [5, 5.41) is 0. The third kappa shape index (κ3) is 2.42. The summed E-state index contributed by atoms with van der Waals surface area (Å²) in [5.41, 5.74) is 1.14. The lowest BCUT2D eigenvalue weighted by Crippen LogP contribution is -1.76. The van der Waals surface area contributed by atoms with Crippen LogP contribution in [0.15, 0.2) is 33.7 Å². The Bertz CT molecular complexity index is 278. The second kappa shape index (κ2) is 4.43. The molecule has 0 aliphatic heterocycles. The van der Waals surface area contributed by atoms with Crippen molar-refractivity contribution in [3.8, 4) is 0 Å². The van der Waals surface area contributed by atoms with Gasteiger partial charge in [-0.25, -0.2) is 0 Å². The van der Waals surface area contributed by atoms with Gasteiger partial charge in [0, 0.05) is 14.5 Å². The van der Waals surface area contributed by atoms with Gasteiger partial charge in [0.2, 0.25) is 0 Å². The molecule has 0 bridgehead atoms. The molecule has 0 saturated carbocycles. The van der Waals surface area contributed by atoms with E-state index < -0.39 is 0 Å². The van der Waals surface area contributed by atoms with Crippen molar-refractivity contribution in [2.45, 2.75) is 0 Å². The molecule has 0 fully saturated rings. The van der Waals surface area contributed by atoms with Crippen molar-refractivity contribution in [3.05, 3.63) is 39.3 Å². The van der Waals surface area contributed by atoms with Crippen LogP contribution in [0, 0.1) is 0 Å². The van der Waals surface area contributed by atoms with Crippen LogP contribution in [0.25, 0.3) is 4.48 Å². The zero-order valence-corrected chi connectivity index (χ0v) is 10.3. The van der Waals surface area contributed by atoms with Crippen LogP contribution in [-0.4, -0.2) is 0 Å². The van der Waals surface area contributed by atoms with E-state index in [0.29, 0.717) is 0 Å². The van der Waals surface area contributed by atoms with Gasteiger partial charge in [-0.05, 0) is 27.0 Å². The molecule has 1 rings (SSSR count). The lowest BCUT2D eigenvalue weighted by atomic mass is 10.2. The Kier molecular flexibility index (Phi) is 3.82. The molecule has 0 unspecified atom stereocenters. The van der Waals surface area contributed by atoms with Gasteiger partial charge in [-0.3, -0.25) is 0 Å². The van der Waals surface area contributed by atoms with E-state index in [2.05, 4.69) is 47.8 Å². The van der Waals surface area contributed by atoms with Crippen molar-refractivity contribution in [2.75, 3.05) is 0 Å². The summed E-state index contributed by atoms with van der Waals surface area (Å²) in [4.78, 5) is 1.84. The predicted octanol–water partition coefficient (Wildman–Crippen LogP) is 4.54. The fraction of sp³-hybridized carbons (Fsp3) is 0. The Labute approximate surface area is 91.1 Å². The summed E-state index contributed by atoms with van der Waals surface area (Å²) in [6, 6.07) is 8.03. The smallest absolute Gasteiger partial charge is 0.0328 e. The Balaban J connectivity index is 3.14. The maximum Gasteiger partial charge on any atom is 0.0328 e. The first-order chi connectivity index (χ1) is 5.25. The van der Waals surface area contributed by atoms with E-state index in [1.165, 1.54) is 0 Å². The minimum atomic E-state index is 1.03. The van der Waals surface area contributed by atoms with Crippen LogP contribution in [0.5, 0.6) is 0 Å². The number of halogens is 3. The van der Waals surface area contributed by atoms with Crippen LogP contribution < -0.4 is 0 Å². The van der Waals surface area contributed by atoms with Gasteiger partial charge >= 0.3 is 0 Å². The topological polar surface area (TPSA) is 0 Å². The summed E-state index contributed by atoms with van der Waals surface area (Å²) in [6.45, 7) is 0. The molecule has 0 aliphatic carbocycles. The van der Waals surface area contributed by atoms with Crippen molar-refractivity contribution in [1.29, 1.82) is 0 Å². The highest BCUT2D eigenvalue weighted by atomic mass is 79.9. The van der Waals surface area contributed by atoms with Crippen molar-refractivity contribution < 1.29 is 0 Å². The Morgan fingerprint density at radius 3 is 2.45 bits per heavy atom. The van der Waals surface area contributed by atoms with Crippen LogP contribution in [0.1, 0.15) is 5.56 Å². The molecule has 11 heavy (non-hydrogen) atoms. The molecule has 0 aromatic heterocycles. The number of benzene rings is 1. The molecule has 0 N–H and O–H groups in total. The van der Waals surface area contributed by atoms with Gasteiger partial charge in [0.05, 0.1) is 0 Å². The van der Waals surface area contributed by atoms with E-state index in [4.69, 9.17) is 0 Å². The molecular formula is C8H5Br3. The van der Waals surface area contributed by atoms with Gasteiger partial charge in [-0.2, -0.15) is 0 Å². The number of rotatable bonds is 1. The summed E-state index contributed by atoms with van der Waals surface area (Å²) < 4.78 is 2.12. The minimum Gasteiger partial charge on any atom is -0.0616 e. The van der Waals surface area contributed by atoms with Crippen LogP contribution in [-0.2, 0) is 0 Å². The molecule has 3 heteroatoms. The van der Waals surface area contributed by atoms with Crippen LogP contribution in [0.3, 0.4) is 0 Å². The molecule has 0 nitrogen and oxygen atoms in total. The fourth-order valence-corrected chi connectivity index (χ4v) is 2.07. The molecule has 0 atom stereocenters. The van der Waals surface area contributed by atoms with Crippen LogP contribution >= 0.6 is 47.8 Å². The van der Waals surface area contributed by atoms with E-state index in [1.54, 1.807) is 0 Å². The monoisotopic (exact) mass is 338 g/mol. The van der Waals surface area contributed by atoms with E-state index in [-0.39, 0.29) is 0 Å². The highest BCUT2D eigenvalue weighted by Gasteiger charge is 1.99. The fourth-order valence-electron chi connectivity index (χ4n) is 0.714. The number of hydrogen-bond donors (Lipinski definition) is 0. The zero-order chi connectivity index (χ0) is 8.27. The third-order valence-electron chi connectivity index (χ3n) is 1.23. The summed E-state index contributed by atoms with van der Waals surface area (Å²) >= 11 is 10.1. The summed E-state index contributed by atoms with van der Waals surface area (Å²) in [7, 11) is 0. The first-order valence-electron chi connectivity index (χ1n) is 2.96. The van der Waals surface area contributed by atoms with Crippen molar-refractivity contribution in [3.63, 3.8) is 0 Å². The molecule has 0 radical (unpaired) electrons. The maximum atomic E-state index is 3.45. The average Bonchev–Trinajstić information content (AvgIpc) is 2.04. The summed E-state index contributed by atoms with van der Waals surface area (Å²) in [5.74, 6) is 0. The van der Waals surface area contributed by atoms with E-state index in [0.717, 1.165) is 14.5 Å². The molecule has 1 aromatic rings. The average molecular weight is 341 g/mol. The standard InChI is InChI=1S/C8H5Br3/c9-5-8(11)6-3-1-2-4-7(6)10/h1-5H. The minimum absolute atomic E-state index is 1.03.